The highest BCUT2D eigenvalue weighted by Crippen LogP contribution is 2.19. The van der Waals surface area contributed by atoms with Gasteiger partial charge in [0, 0.05) is 12.5 Å². The van der Waals surface area contributed by atoms with Crippen molar-refractivity contribution in [3.05, 3.63) is 23.7 Å². The van der Waals surface area contributed by atoms with Gasteiger partial charge in [-0.05, 0) is 18.9 Å². The number of carbonyl (C=O) groups is 1. The van der Waals surface area contributed by atoms with Crippen LogP contribution in [0.15, 0.2) is 16.7 Å². The van der Waals surface area contributed by atoms with E-state index in [1.807, 2.05) is 6.92 Å². The Bertz CT molecular complexity index is 312. The van der Waals surface area contributed by atoms with E-state index in [4.69, 9.17) is 4.42 Å². The molecule has 13 heavy (non-hydrogen) atoms. The Hall–Kier alpha value is -1.25. The SMILES string of the molecule is CCc1cc(C(=O)NC2CC2)co1. The highest BCUT2D eigenvalue weighted by Gasteiger charge is 2.24. The molecule has 3 heteroatoms. The Morgan fingerprint density at radius 2 is 2.46 bits per heavy atom. The Morgan fingerprint density at radius 3 is 3.00 bits per heavy atom. The van der Waals surface area contributed by atoms with Gasteiger partial charge in [-0.25, -0.2) is 0 Å². The fraction of sp³-hybridized carbons (Fsp3) is 0.500. The molecule has 2 rings (SSSR count). The van der Waals surface area contributed by atoms with Crippen molar-refractivity contribution in [2.45, 2.75) is 32.2 Å². The van der Waals surface area contributed by atoms with E-state index in [9.17, 15) is 4.79 Å². The first kappa shape index (κ1) is 8.35. The molecule has 0 saturated heterocycles. The molecule has 70 valence electrons. The Kier molecular flexibility index (Phi) is 2.08. The molecule has 1 amide bonds. The van der Waals surface area contributed by atoms with E-state index in [1.165, 1.54) is 6.26 Å². The van der Waals surface area contributed by atoms with Gasteiger partial charge in [0.1, 0.15) is 12.0 Å². The Labute approximate surface area is 77.1 Å². The standard InChI is InChI=1S/C10H13NO2/c1-2-9-5-7(6-13-9)10(12)11-8-3-4-8/h5-6,8H,2-4H2,1H3,(H,11,12). The highest BCUT2D eigenvalue weighted by atomic mass is 16.3. The summed E-state index contributed by atoms with van der Waals surface area (Å²) in [6, 6.07) is 2.21. The quantitative estimate of drug-likeness (QED) is 0.767. The molecule has 1 heterocycles. The van der Waals surface area contributed by atoms with Gasteiger partial charge in [-0.3, -0.25) is 4.79 Å². The van der Waals surface area contributed by atoms with Gasteiger partial charge in [-0.1, -0.05) is 6.92 Å². The lowest BCUT2D eigenvalue weighted by Crippen LogP contribution is -2.24. The van der Waals surface area contributed by atoms with Crippen molar-refractivity contribution < 1.29 is 9.21 Å². The van der Waals surface area contributed by atoms with Crippen LogP contribution in [0.1, 0.15) is 35.9 Å². The second-order valence-corrected chi connectivity index (χ2v) is 3.40. The highest BCUT2D eigenvalue weighted by molar-refractivity contribution is 5.94. The minimum absolute atomic E-state index is 0.00838. The van der Waals surface area contributed by atoms with Crippen LogP contribution in [0.25, 0.3) is 0 Å². The predicted molar refractivity (Wildman–Crippen MR) is 48.6 cm³/mol. The Balaban J connectivity index is 2.01. The van der Waals surface area contributed by atoms with Crippen molar-refractivity contribution >= 4 is 5.91 Å². The van der Waals surface area contributed by atoms with E-state index in [0.717, 1.165) is 25.0 Å². The molecule has 0 atom stereocenters. The molecule has 0 aromatic carbocycles. The van der Waals surface area contributed by atoms with Crippen molar-refractivity contribution in [3.8, 4) is 0 Å². The maximum Gasteiger partial charge on any atom is 0.254 e. The number of carbonyl (C=O) groups excluding carboxylic acids is 1. The summed E-state index contributed by atoms with van der Waals surface area (Å²) in [5.41, 5.74) is 0.642. The molecule has 0 unspecified atom stereocenters. The largest absolute Gasteiger partial charge is 0.469 e. The molecule has 1 fully saturated rings. The fourth-order valence-electron chi connectivity index (χ4n) is 1.18. The zero-order valence-corrected chi connectivity index (χ0v) is 7.67. The van der Waals surface area contributed by atoms with E-state index in [2.05, 4.69) is 5.32 Å². The van der Waals surface area contributed by atoms with Gasteiger partial charge in [0.2, 0.25) is 0 Å². The summed E-state index contributed by atoms with van der Waals surface area (Å²) in [6.07, 6.45) is 4.59. The summed E-state index contributed by atoms with van der Waals surface area (Å²) < 4.78 is 5.18. The van der Waals surface area contributed by atoms with Crippen molar-refractivity contribution in [2.24, 2.45) is 0 Å². The monoisotopic (exact) mass is 179 g/mol. The second-order valence-electron chi connectivity index (χ2n) is 3.40. The van der Waals surface area contributed by atoms with Crippen LogP contribution in [0, 0.1) is 0 Å². The molecule has 0 bridgehead atoms. The molecule has 1 aromatic rings. The number of amides is 1. The molecule has 1 N–H and O–H groups in total. The van der Waals surface area contributed by atoms with Gasteiger partial charge in [0.15, 0.2) is 0 Å². The smallest absolute Gasteiger partial charge is 0.254 e. The van der Waals surface area contributed by atoms with Gasteiger partial charge >= 0.3 is 0 Å². The number of furan rings is 1. The molecule has 3 nitrogen and oxygen atoms in total. The van der Waals surface area contributed by atoms with Crippen molar-refractivity contribution in [1.29, 1.82) is 0 Å². The van der Waals surface area contributed by atoms with Crippen LogP contribution in [0.5, 0.6) is 0 Å². The summed E-state index contributed by atoms with van der Waals surface area (Å²) in [5.74, 6) is 0.854. The minimum atomic E-state index is -0.00838. The molecule has 0 spiro atoms. The summed E-state index contributed by atoms with van der Waals surface area (Å²) in [7, 11) is 0. The number of nitrogens with one attached hydrogen (secondary N) is 1. The van der Waals surface area contributed by atoms with Crippen LogP contribution in [0.2, 0.25) is 0 Å². The third-order valence-electron chi connectivity index (χ3n) is 2.18. The zero-order chi connectivity index (χ0) is 9.26. The number of hydrogen-bond acceptors (Lipinski definition) is 2. The molecule has 1 aliphatic rings. The van der Waals surface area contributed by atoms with Gasteiger partial charge in [-0.2, -0.15) is 0 Å². The van der Waals surface area contributed by atoms with E-state index in [-0.39, 0.29) is 5.91 Å². The molecular weight excluding hydrogens is 166 g/mol. The van der Waals surface area contributed by atoms with Crippen LogP contribution >= 0.6 is 0 Å². The lowest BCUT2D eigenvalue weighted by atomic mass is 10.2. The van der Waals surface area contributed by atoms with Crippen molar-refractivity contribution in [1.82, 2.24) is 5.32 Å². The summed E-state index contributed by atoms with van der Waals surface area (Å²) in [5, 5.41) is 2.91. The van der Waals surface area contributed by atoms with E-state index >= 15 is 0 Å². The van der Waals surface area contributed by atoms with E-state index in [1.54, 1.807) is 6.07 Å². The van der Waals surface area contributed by atoms with Crippen molar-refractivity contribution in [3.63, 3.8) is 0 Å². The number of aryl methyl sites for hydroxylation is 1. The molecule has 1 aromatic heterocycles. The third kappa shape index (κ3) is 1.91. The molecule has 0 radical (unpaired) electrons. The summed E-state index contributed by atoms with van der Waals surface area (Å²) in [6.45, 7) is 2.00. The maximum absolute atomic E-state index is 11.5. The maximum atomic E-state index is 11.5. The Morgan fingerprint density at radius 1 is 1.69 bits per heavy atom. The average molecular weight is 179 g/mol. The summed E-state index contributed by atoms with van der Waals surface area (Å²) >= 11 is 0. The van der Waals surface area contributed by atoms with Gasteiger partial charge in [0.05, 0.1) is 5.56 Å². The first-order chi connectivity index (χ1) is 6.29. The molecule has 0 aliphatic heterocycles. The van der Waals surface area contributed by atoms with Crippen LogP contribution in [0.3, 0.4) is 0 Å². The minimum Gasteiger partial charge on any atom is -0.469 e. The summed E-state index contributed by atoms with van der Waals surface area (Å²) in [4.78, 5) is 11.5. The van der Waals surface area contributed by atoms with Crippen LogP contribution in [-0.4, -0.2) is 11.9 Å². The average Bonchev–Trinajstić information content (AvgIpc) is 2.82. The van der Waals surface area contributed by atoms with E-state index < -0.39 is 0 Å². The van der Waals surface area contributed by atoms with Gasteiger partial charge in [-0.15, -0.1) is 0 Å². The number of hydrogen-bond donors (Lipinski definition) is 1. The van der Waals surface area contributed by atoms with Crippen molar-refractivity contribution in [2.75, 3.05) is 0 Å². The molecule has 1 saturated carbocycles. The third-order valence-corrected chi connectivity index (χ3v) is 2.18. The second kappa shape index (κ2) is 3.24. The van der Waals surface area contributed by atoms with Crippen LogP contribution < -0.4 is 5.32 Å². The fourth-order valence-corrected chi connectivity index (χ4v) is 1.18. The first-order valence-electron chi connectivity index (χ1n) is 4.68. The lowest BCUT2D eigenvalue weighted by Gasteiger charge is -1.97. The molecule has 1 aliphatic carbocycles. The predicted octanol–water partition coefficient (Wildman–Crippen LogP) is 1.73. The van der Waals surface area contributed by atoms with Crippen LogP contribution in [-0.2, 0) is 6.42 Å². The topological polar surface area (TPSA) is 42.2 Å². The van der Waals surface area contributed by atoms with E-state index in [0.29, 0.717) is 11.6 Å². The lowest BCUT2D eigenvalue weighted by molar-refractivity contribution is 0.0950. The number of rotatable bonds is 3. The van der Waals surface area contributed by atoms with Gasteiger partial charge < -0.3 is 9.73 Å². The first-order valence-corrected chi connectivity index (χ1v) is 4.68. The van der Waals surface area contributed by atoms with Crippen LogP contribution in [0.4, 0.5) is 0 Å². The normalized spacial score (nSPS) is 15.8. The molecular formula is C10H13NO2. The van der Waals surface area contributed by atoms with Gasteiger partial charge in [0.25, 0.3) is 5.91 Å². The zero-order valence-electron chi connectivity index (χ0n) is 7.67.